The summed E-state index contributed by atoms with van der Waals surface area (Å²) in [6.07, 6.45) is 8.77. The minimum atomic E-state index is 0.355. The number of halogens is 1. The maximum absolute atomic E-state index is 6.23. The van der Waals surface area contributed by atoms with E-state index in [1.165, 1.54) is 51.7 Å². The van der Waals surface area contributed by atoms with Gasteiger partial charge in [-0.2, -0.15) is 0 Å². The Morgan fingerprint density at radius 1 is 1.03 bits per heavy atom. The van der Waals surface area contributed by atoms with Crippen LogP contribution < -0.4 is 0 Å². The fourth-order valence-electron chi connectivity index (χ4n) is 4.32. The van der Waals surface area contributed by atoms with E-state index in [1.54, 1.807) is 0 Å². The van der Waals surface area contributed by atoms with Crippen LogP contribution >= 0.6 is 11.6 Å². The zero-order valence-electron chi connectivity index (χ0n) is 22.9. The number of hydrogen-bond acceptors (Lipinski definition) is 1. The Balaban J connectivity index is 0.000000307. The van der Waals surface area contributed by atoms with E-state index in [0.29, 0.717) is 5.92 Å². The van der Waals surface area contributed by atoms with Crippen molar-refractivity contribution in [2.45, 2.75) is 87.0 Å². The van der Waals surface area contributed by atoms with Crippen LogP contribution in [0.15, 0.2) is 70.9 Å². The first-order chi connectivity index (χ1) is 16.7. The molecule has 3 heteroatoms. The third kappa shape index (κ3) is 8.85. The van der Waals surface area contributed by atoms with Gasteiger partial charge in [-0.3, -0.25) is 4.99 Å². The van der Waals surface area contributed by atoms with E-state index in [1.807, 2.05) is 19.9 Å². The molecular formula is C32H43ClN2. The Morgan fingerprint density at radius 3 is 2.31 bits per heavy atom. The zero-order valence-corrected chi connectivity index (χ0v) is 23.7. The standard InChI is InChI=1S/C21H24ClN.C11H19N/c1-4-5-6-18-19-13-17(22)11-12-20(19)23-21(18)15(3)16-9-7-14(2)8-10-16;1-6-7-10(4)12-11(5)8-9(2)3/h7-13,15,23H,4-6H2,1-3H3;7-8H,6H2,1-5H3/b;10-7+,12-11?. The fourth-order valence-corrected chi connectivity index (χ4v) is 4.50. The number of aliphatic imine (C=N–C) groups is 1. The number of benzene rings is 2. The highest BCUT2D eigenvalue weighted by Crippen LogP contribution is 2.34. The first-order valence-electron chi connectivity index (χ1n) is 12.9. The van der Waals surface area contributed by atoms with Gasteiger partial charge < -0.3 is 4.98 Å². The van der Waals surface area contributed by atoms with Crippen molar-refractivity contribution in [3.8, 4) is 0 Å². The lowest BCUT2D eigenvalue weighted by Crippen LogP contribution is -2.01. The normalized spacial score (nSPS) is 12.8. The van der Waals surface area contributed by atoms with Crippen LogP contribution in [0.5, 0.6) is 0 Å². The average Bonchev–Trinajstić information content (AvgIpc) is 3.15. The van der Waals surface area contributed by atoms with Gasteiger partial charge in [0, 0.05) is 38.9 Å². The maximum Gasteiger partial charge on any atom is 0.0460 e. The molecule has 188 valence electrons. The number of H-pyrrole nitrogens is 1. The van der Waals surface area contributed by atoms with Gasteiger partial charge in [0.15, 0.2) is 0 Å². The van der Waals surface area contributed by atoms with Crippen molar-refractivity contribution in [3.05, 3.63) is 93.3 Å². The number of unbranched alkanes of at least 4 members (excludes halogenated alkanes) is 1. The monoisotopic (exact) mass is 490 g/mol. The summed E-state index contributed by atoms with van der Waals surface area (Å²) in [5.41, 5.74) is 10.1. The number of nitrogens with zero attached hydrogens (tertiary/aromatic N) is 1. The molecule has 0 bridgehead atoms. The lowest BCUT2D eigenvalue weighted by molar-refractivity contribution is 0.775. The second-order valence-electron chi connectivity index (χ2n) is 9.67. The van der Waals surface area contributed by atoms with Crippen molar-refractivity contribution in [1.82, 2.24) is 4.98 Å². The van der Waals surface area contributed by atoms with Crippen molar-refractivity contribution < 1.29 is 0 Å². The smallest absolute Gasteiger partial charge is 0.0460 e. The number of aryl methyl sites for hydroxylation is 2. The van der Waals surface area contributed by atoms with Crippen LogP contribution in [0.2, 0.25) is 5.02 Å². The summed E-state index contributed by atoms with van der Waals surface area (Å²) < 4.78 is 0. The summed E-state index contributed by atoms with van der Waals surface area (Å²) in [5.74, 6) is 0.355. The molecule has 0 saturated carbocycles. The molecule has 0 amide bonds. The van der Waals surface area contributed by atoms with Gasteiger partial charge in [-0.1, -0.05) is 80.3 Å². The number of allylic oxidation sites excluding steroid dienone is 4. The molecule has 0 aliphatic rings. The van der Waals surface area contributed by atoms with Gasteiger partial charge in [0.1, 0.15) is 0 Å². The van der Waals surface area contributed by atoms with Gasteiger partial charge in [-0.05, 0) is 89.3 Å². The number of hydrogen-bond donors (Lipinski definition) is 1. The first-order valence-corrected chi connectivity index (χ1v) is 13.3. The van der Waals surface area contributed by atoms with Crippen molar-refractivity contribution in [2.75, 3.05) is 0 Å². The molecule has 1 atom stereocenters. The Hall–Kier alpha value is -2.58. The summed E-state index contributed by atoms with van der Waals surface area (Å²) in [6.45, 7) is 17.0. The third-order valence-electron chi connectivity index (χ3n) is 6.04. The number of aromatic amines is 1. The number of rotatable bonds is 8. The topological polar surface area (TPSA) is 28.1 Å². The largest absolute Gasteiger partial charge is 0.358 e. The van der Waals surface area contributed by atoms with Crippen LogP contribution in [-0.4, -0.2) is 10.7 Å². The summed E-state index contributed by atoms with van der Waals surface area (Å²) in [6, 6.07) is 15.0. The van der Waals surface area contributed by atoms with Crippen molar-refractivity contribution in [3.63, 3.8) is 0 Å². The van der Waals surface area contributed by atoms with Crippen molar-refractivity contribution in [1.29, 1.82) is 0 Å². The van der Waals surface area contributed by atoms with Crippen LogP contribution in [0.4, 0.5) is 0 Å². The van der Waals surface area contributed by atoms with Gasteiger partial charge in [0.2, 0.25) is 0 Å². The van der Waals surface area contributed by atoms with Crippen molar-refractivity contribution in [2.24, 2.45) is 4.99 Å². The highest BCUT2D eigenvalue weighted by Gasteiger charge is 2.18. The van der Waals surface area contributed by atoms with Gasteiger partial charge >= 0.3 is 0 Å². The van der Waals surface area contributed by atoms with Gasteiger partial charge in [0.25, 0.3) is 0 Å². The van der Waals surface area contributed by atoms with Crippen LogP contribution in [0.25, 0.3) is 10.9 Å². The number of fused-ring (bicyclic) bond motifs is 1. The molecule has 3 rings (SSSR count). The molecule has 1 aromatic heterocycles. The van der Waals surface area contributed by atoms with E-state index < -0.39 is 0 Å². The molecule has 1 unspecified atom stereocenters. The Morgan fingerprint density at radius 2 is 1.71 bits per heavy atom. The Kier molecular flexibility index (Phi) is 11.5. The summed E-state index contributed by atoms with van der Waals surface area (Å²) in [5, 5.41) is 2.09. The van der Waals surface area contributed by atoms with Gasteiger partial charge in [0.05, 0.1) is 0 Å². The predicted octanol–water partition coefficient (Wildman–Crippen LogP) is 10.4. The minimum absolute atomic E-state index is 0.355. The zero-order chi connectivity index (χ0) is 26.0. The number of nitrogens with one attached hydrogen (secondary N) is 1. The molecule has 0 radical (unpaired) electrons. The summed E-state index contributed by atoms with van der Waals surface area (Å²) >= 11 is 6.23. The molecule has 0 aliphatic carbocycles. The molecule has 35 heavy (non-hydrogen) atoms. The Labute approximate surface area is 218 Å². The van der Waals surface area contributed by atoms with Crippen LogP contribution in [0.3, 0.4) is 0 Å². The second-order valence-corrected chi connectivity index (χ2v) is 10.1. The second kappa shape index (κ2) is 14.1. The van der Waals surface area contributed by atoms with E-state index in [2.05, 4.69) is 100 Å². The van der Waals surface area contributed by atoms with Crippen LogP contribution in [0, 0.1) is 6.92 Å². The molecule has 0 spiro atoms. The molecule has 2 nitrogen and oxygen atoms in total. The van der Waals surface area contributed by atoms with E-state index in [4.69, 9.17) is 11.6 Å². The van der Waals surface area contributed by atoms with Crippen LogP contribution in [-0.2, 0) is 6.42 Å². The van der Waals surface area contributed by atoms with Crippen LogP contribution in [0.1, 0.15) is 96.0 Å². The molecular weight excluding hydrogens is 448 g/mol. The minimum Gasteiger partial charge on any atom is -0.358 e. The Bertz CT molecular complexity index is 1170. The van der Waals surface area contributed by atoms with E-state index in [9.17, 15) is 0 Å². The summed E-state index contributed by atoms with van der Waals surface area (Å²) in [4.78, 5) is 8.06. The SMILES string of the molecule is CC/C=C(\C)N=C(C)C=C(C)C.CCCCc1c(C(C)c2ccc(C)cc2)[nH]c2ccc(Cl)cc12. The predicted molar refractivity (Wildman–Crippen MR) is 157 cm³/mol. The van der Waals surface area contributed by atoms with Gasteiger partial charge in [-0.15, -0.1) is 0 Å². The molecule has 1 heterocycles. The fraction of sp³-hybridized carbons (Fsp3) is 0.406. The molecule has 1 N–H and O–H groups in total. The molecule has 0 saturated heterocycles. The van der Waals surface area contributed by atoms with Gasteiger partial charge in [-0.25, -0.2) is 0 Å². The maximum atomic E-state index is 6.23. The summed E-state index contributed by atoms with van der Waals surface area (Å²) in [7, 11) is 0. The highest BCUT2D eigenvalue weighted by atomic mass is 35.5. The molecule has 0 aliphatic heterocycles. The van der Waals surface area contributed by atoms with E-state index in [0.717, 1.165) is 29.3 Å². The third-order valence-corrected chi connectivity index (χ3v) is 6.28. The number of aromatic nitrogens is 1. The molecule has 2 aromatic carbocycles. The lowest BCUT2D eigenvalue weighted by atomic mass is 9.92. The average molecular weight is 491 g/mol. The molecule has 3 aromatic rings. The van der Waals surface area contributed by atoms with E-state index in [-0.39, 0.29) is 0 Å². The highest BCUT2D eigenvalue weighted by molar-refractivity contribution is 6.31. The quantitative estimate of drug-likeness (QED) is 0.304. The molecule has 0 fully saturated rings. The lowest BCUT2D eigenvalue weighted by Gasteiger charge is -2.14. The van der Waals surface area contributed by atoms with Crippen molar-refractivity contribution >= 4 is 28.2 Å². The first kappa shape index (κ1) is 28.7. The van der Waals surface area contributed by atoms with E-state index >= 15 is 0 Å².